The van der Waals surface area contributed by atoms with E-state index in [1.54, 1.807) is 23.5 Å². The number of hydrogen-bond donors (Lipinski definition) is 3. The molecular weight excluding hydrogens is 399 g/mol. The minimum absolute atomic E-state index is 0.104. The van der Waals surface area contributed by atoms with E-state index in [0.29, 0.717) is 18.6 Å². The maximum absolute atomic E-state index is 13.6. The molecule has 0 aliphatic carbocycles. The van der Waals surface area contributed by atoms with Crippen molar-refractivity contribution in [3.8, 4) is 0 Å². The first-order valence-corrected chi connectivity index (χ1v) is 9.91. The number of carbonyl (C=O) groups is 3. The number of amides is 1. The molecule has 0 saturated carbocycles. The van der Waals surface area contributed by atoms with Crippen LogP contribution < -0.4 is 5.32 Å². The number of fused-ring (bicyclic) bond motifs is 1. The summed E-state index contributed by atoms with van der Waals surface area (Å²) < 4.78 is 13.6. The highest BCUT2D eigenvalue weighted by Gasteiger charge is 2.29. The molecule has 0 spiro atoms. The van der Waals surface area contributed by atoms with Gasteiger partial charge in [-0.05, 0) is 49.4 Å². The van der Waals surface area contributed by atoms with Crippen molar-refractivity contribution in [2.75, 3.05) is 13.1 Å². The van der Waals surface area contributed by atoms with E-state index >= 15 is 0 Å². The average molecular weight is 422 g/mol. The number of aliphatic carboxylic acids is 2. The van der Waals surface area contributed by atoms with Crippen LogP contribution in [0.4, 0.5) is 4.39 Å². The zero-order valence-corrected chi connectivity index (χ0v) is 16.9. The molecule has 3 rings (SSSR count). The number of rotatable bonds is 4. The Morgan fingerprint density at radius 2 is 1.83 bits per heavy atom. The second-order valence-electron chi connectivity index (χ2n) is 6.62. The van der Waals surface area contributed by atoms with Gasteiger partial charge in [0.15, 0.2) is 0 Å². The maximum atomic E-state index is 13.6. The fourth-order valence-corrected chi connectivity index (χ4v) is 4.32. The number of hydrogen-bond acceptors (Lipinski definition) is 5. The van der Waals surface area contributed by atoms with Crippen molar-refractivity contribution in [2.45, 2.75) is 32.4 Å². The fourth-order valence-electron chi connectivity index (χ4n) is 3.30. The van der Waals surface area contributed by atoms with E-state index in [1.807, 2.05) is 0 Å². The lowest BCUT2D eigenvalue weighted by atomic mass is 9.97. The van der Waals surface area contributed by atoms with Crippen molar-refractivity contribution in [3.63, 3.8) is 0 Å². The quantitative estimate of drug-likeness (QED) is 0.654. The molecule has 2 heterocycles. The first kappa shape index (κ1) is 22.5. The van der Waals surface area contributed by atoms with E-state index in [1.165, 1.54) is 22.6 Å². The summed E-state index contributed by atoms with van der Waals surface area (Å²) in [5.41, 5.74) is 1.55. The van der Waals surface area contributed by atoms with Crippen LogP contribution in [0.1, 0.15) is 40.7 Å². The molecule has 1 amide bonds. The summed E-state index contributed by atoms with van der Waals surface area (Å²) in [4.78, 5) is 34.1. The predicted molar refractivity (Wildman–Crippen MR) is 107 cm³/mol. The van der Waals surface area contributed by atoms with Crippen LogP contribution in [0, 0.1) is 5.82 Å². The summed E-state index contributed by atoms with van der Waals surface area (Å²) in [7, 11) is 0. The number of benzene rings is 1. The molecule has 0 radical (unpaired) electrons. The van der Waals surface area contributed by atoms with E-state index in [0.717, 1.165) is 13.0 Å². The molecule has 1 aromatic heterocycles. The van der Waals surface area contributed by atoms with Gasteiger partial charge < -0.3 is 15.5 Å². The molecule has 0 bridgehead atoms. The lowest BCUT2D eigenvalue weighted by molar-refractivity contribution is -0.159. The van der Waals surface area contributed by atoms with Crippen LogP contribution in [0.5, 0.6) is 0 Å². The first-order valence-electron chi connectivity index (χ1n) is 9.03. The normalized spacial score (nSPS) is 18.2. The second-order valence-corrected chi connectivity index (χ2v) is 7.57. The number of carboxylic acid groups (broad SMARTS) is 2. The van der Waals surface area contributed by atoms with Crippen LogP contribution in [0.25, 0.3) is 0 Å². The smallest absolute Gasteiger partial charge is 0.414 e. The fraction of sp³-hybridized carbons (Fsp3) is 0.350. The molecule has 3 N–H and O–H groups in total. The Bertz CT molecular complexity index is 873. The van der Waals surface area contributed by atoms with E-state index in [2.05, 4.69) is 35.5 Å². The van der Waals surface area contributed by atoms with Crippen molar-refractivity contribution >= 4 is 29.2 Å². The highest BCUT2D eigenvalue weighted by atomic mass is 32.1. The van der Waals surface area contributed by atoms with Crippen LogP contribution >= 0.6 is 11.3 Å². The Morgan fingerprint density at radius 3 is 2.45 bits per heavy atom. The van der Waals surface area contributed by atoms with Gasteiger partial charge in [-0.3, -0.25) is 9.69 Å². The SMILES string of the molecule is C[C@@H]1Cc2ccsc2[C@H](C)N1CCNC(=O)c1ccccc1F.O=C(O)C(=O)O. The topological polar surface area (TPSA) is 107 Å². The Labute approximate surface area is 171 Å². The minimum atomic E-state index is -1.82. The Kier molecular flexibility index (Phi) is 7.86. The van der Waals surface area contributed by atoms with Crippen LogP contribution in [-0.2, 0) is 16.0 Å². The standard InChI is InChI=1S/C18H21FN2OS.C2H2O4/c1-12-11-14-7-10-23-17(14)13(2)21(12)9-8-20-18(22)15-5-3-4-6-16(15)19;3-1(4)2(5)6/h3-7,10,12-13H,8-9,11H2,1-2H3,(H,20,22);(H,3,4)(H,5,6)/t12-,13+;/m1./s1. The molecule has 7 nitrogen and oxygen atoms in total. The minimum Gasteiger partial charge on any atom is -0.473 e. The Balaban J connectivity index is 0.000000438. The van der Waals surface area contributed by atoms with Gasteiger partial charge in [0, 0.05) is 30.1 Å². The van der Waals surface area contributed by atoms with E-state index in [-0.39, 0.29) is 11.5 Å². The highest BCUT2D eigenvalue weighted by molar-refractivity contribution is 7.10. The van der Waals surface area contributed by atoms with Crippen LogP contribution in [-0.4, -0.2) is 52.1 Å². The number of halogens is 1. The number of nitrogens with zero attached hydrogens (tertiary/aromatic N) is 1. The van der Waals surface area contributed by atoms with Gasteiger partial charge in [-0.25, -0.2) is 14.0 Å². The van der Waals surface area contributed by atoms with Crippen molar-refractivity contribution in [1.82, 2.24) is 10.2 Å². The molecule has 2 aromatic rings. The van der Waals surface area contributed by atoms with E-state index < -0.39 is 17.8 Å². The summed E-state index contributed by atoms with van der Waals surface area (Å²) in [6, 6.07) is 9.09. The van der Waals surface area contributed by atoms with Gasteiger partial charge in [0.1, 0.15) is 5.82 Å². The van der Waals surface area contributed by atoms with E-state index in [9.17, 15) is 9.18 Å². The average Bonchev–Trinajstić information content (AvgIpc) is 3.13. The van der Waals surface area contributed by atoms with Crippen LogP contribution in [0.15, 0.2) is 35.7 Å². The summed E-state index contributed by atoms with van der Waals surface area (Å²) in [6.07, 6.45) is 1.05. The lowest BCUT2D eigenvalue weighted by Crippen LogP contribution is -2.44. The van der Waals surface area contributed by atoms with Gasteiger partial charge in [0.05, 0.1) is 5.56 Å². The monoisotopic (exact) mass is 422 g/mol. The molecule has 1 aliphatic rings. The predicted octanol–water partition coefficient (Wildman–Crippen LogP) is 2.78. The molecule has 9 heteroatoms. The van der Waals surface area contributed by atoms with Gasteiger partial charge in [-0.15, -0.1) is 11.3 Å². The third kappa shape index (κ3) is 5.85. The van der Waals surface area contributed by atoms with Crippen molar-refractivity contribution in [2.24, 2.45) is 0 Å². The molecule has 0 fully saturated rings. The molecule has 156 valence electrons. The van der Waals surface area contributed by atoms with Crippen molar-refractivity contribution < 1.29 is 29.0 Å². The van der Waals surface area contributed by atoms with Gasteiger partial charge in [0.2, 0.25) is 0 Å². The molecule has 0 unspecified atom stereocenters. The second kappa shape index (κ2) is 10.1. The van der Waals surface area contributed by atoms with Gasteiger partial charge >= 0.3 is 11.9 Å². The lowest BCUT2D eigenvalue weighted by Gasteiger charge is -2.38. The molecular formula is C20H23FN2O5S. The molecule has 1 aromatic carbocycles. The number of nitrogens with one attached hydrogen (secondary N) is 1. The van der Waals surface area contributed by atoms with Crippen LogP contribution in [0.3, 0.4) is 0 Å². The maximum Gasteiger partial charge on any atom is 0.414 e. The highest BCUT2D eigenvalue weighted by Crippen LogP contribution is 2.35. The third-order valence-corrected chi connectivity index (χ3v) is 5.83. The summed E-state index contributed by atoms with van der Waals surface area (Å²) >= 11 is 1.80. The van der Waals surface area contributed by atoms with Gasteiger partial charge in [0.25, 0.3) is 5.91 Å². The molecule has 0 saturated heterocycles. The van der Waals surface area contributed by atoms with E-state index in [4.69, 9.17) is 19.8 Å². The molecule has 2 atom stereocenters. The molecule has 29 heavy (non-hydrogen) atoms. The van der Waals surface area contributed by atoms with Crippen molar-refractivity contribution in [3.05, 3.63) is 57.5 Å². The van der Waals surface area contributed by atoms with Gasteiger partial charge in [-0.2, -0.15) is 0 Å². The first-order chi connectivity index (χ1) is 13.7. The summed E-state index contributed by atoms with van der Waals surface area (Å²) in [5.74, 6) is -4.48. The molecule has 1 aliphatic heterocycles. The third-order valence-electron chi connectivity index (χ3n) is 4.70. The summed E-state index contributed by atoms with van der Waals surface area (Å²) in [5, 5.41) is 19.8. The number of thiophene rings is 1. The largest absolute Gasteiger partial charge is 0.473 e. The zero-order valence-electron chi connectivity index (χ0n) is 16.1. The van der Waals surface area contributed by atoms with Crippen LogP contribution in [0.2, 0.25) is 0 Å². The van der Waals surface area contributed by atoms with Crippen molar-refractivity contribution in [1.29, 1.82) is 0 Å². The number of carboxylic acids is 2. The Hall–Kier alpha value is -2.78. The number of carbonyl (C=O) groups excluding carboxylic acids is 1. The summed E-state index contributed by atoms with van der Waals surface area (Å²) in [6.45, 7) is 5.71. The Morgan fingerprint density at radius 1 is 1.17 bits per heavy atom. The van der Waals surface area contributed by atoms with Gasteiger partial charge in [-0.1, -0.05) is 12.1 Å². The zero-order chi connectivity index (χ0) is 21.6.